The SMILES string of the molecule is CCCCCOCCCCC.F. The molecule has 12 heavy (non-hydrogen) atoms. The molecule has 0 spiro atoms. The molecule has 0 bridgehead atoms. The largest absolute Gasteiger partial charge is 0.381 e. The highest BCUT2D eigenvalue weighted by molar-refractivity contribution is 4.38. The van der Waals surface area contributed by atoms with Crippen LogP contribution in [0.25, 0.3) is 0 Å². The van der Waals surface area contributed by atoms with Crippen LogP contribution in [0, 0.1) is 0 Å². The van der Waals surface area contributed by atoms with E-state index >= 15 is 0 Å². The molecule has 0 radical (unpaired) electrons. The summed E-state index contributed by atoms with van der Waals surface area (Å²) < 4.78 is 5.44. The van der Waals surface area contributed by atoms with Crippen LogP contribution in [0.2, 0.25) is 0 Å². The topological polar surface area (TPSA) is 9.23 Å². The van der Waals surface area contributed by atoms with Crippen molar-refractivity contribution in [3.8, 4) is 0 Å². The Morgan fingerprint density at radius 2 is 1.17 bits per heavy atom. The number of hydrogen-bond acceptors (Lipinski definition) is 1. The molecule has 0 fully saturated rings. The minimum absolute atomic E-state index is 0. The lowest BCUT2D eigenvalue weighted by Gasteiger charge is -2.01. The molecule has 0 atom stereocenters. The van der Waals surface area contributed by atoms with E-state index in [1.807, 2.05) is 0 Å². The quantitative estimate of drug-likeness (QED) is 0.517. The number of ether oxygens (including phenoxy) is 1. The van der Waals surface area contributed by atoms with E-state index in [0.29, 0.717) is 0 Å². The third-order valence-corrected chi connectivity index (χ3v) is 1.78. The highest BCUT2D eigenvalue weighted by atomic mass is 19.0. The first kappa shape index (κ1) is 14.4. The van der Waals surface area contributed by atoms with E-state index < -0.39 is 0 Å². The van der Waals surface area contributed by atoms with Gasteiger partial charge in [-0.2, -0.15) is 0 Å². The lowest BCUT2D eigenvalue weighted by Crippen LogP contribution is -1.96. The van der Waals surface area contributed by atoms with Gasteiger partial charge in [0.2, 0.25) is 0 Å². The molecule has 0 aromatic rings. The van der Waals surface area contributed by atoms with Crippen LogP contribution in [-0.4, -0.2) is 13.2 Å². The summed E-state index contributed by atoms with van der Waals surface area (Å²) in [6.45, 7) is 6.38. The predicted octanol–water partition coefficient (Wildman–Crippen LogP) is 3.54. The maximum Gasteiger partial charge on any atom is 0.0466 e. The number of hydrogen-bond donors (Lipinski definition) is 0. The molecule has 76 valence electrons. The van der Waals surface area contributed by atoms with E-state index in [1.54, 1.807) is 0 Å². The van der Waals surface area contributed by atoms with E-state index in [-0.39, 0.29) is 4.70 Å². The Labute approximate surface area is 75.9 Å². The highest BCUT2D eigenvalue weighted by Crippen LogP contribution is 1.97. The van der Waals surface area contributed by atoms with E-state index in [1.165, 1.54) is 38.5 Å². The summed E-state index contributed by atoms with van der Waals surface area (Å²) >= 11 is 0. The van der Waals surface area contributed by atoms with Gasteiger partial charge in [0, 0.05) is 13.2 Å². The van der Waals surface area contributed by atoms with Gasteiger partial charge >= 0.3 is 0 Å². The summed E-state index contributed by atoms with van der Waals surface area (Å²) in [5.41, 5.74) is 0. The van der Waals surface area contributed by atoms with Crippen molar-refractivity contribution in [3.05, 3.63) is 0 Å². The van der Waals surface area contributed by atoms with Crippen molar-refractivity contribution in [3.63, 3.8) is 0 Å². The molecule has 0 aliphatic heterocycles. The van der Waals surface area contributed by atoms with Crippen LogP contribution in [0.5, 0.6) is 0 Å². The number of unbranched alkanes of at least 4 members (excludes halogenated alkanes) is 4. The van der Waals surface area contributed by atoms with Crippen molar-refractivity contribution in [2.45, 2.75) is 52.4 Å². The zero-order chi connectivity index (χ0) is 8.36. The molecule has 0 aliphatic carbocycles. The fourth-order valence-electron chi connectivity index (χ4n) is 1.01. The van der Waals surface area contributed by atoms with Gasteiger partial charge in [-0.05, 0) is 12.8 Å². The van der Waals surface area contributed by atoms with Gasteiger partial charge in [0.25, 0.3) is 0 Å². The van der Waals surface area contributed by atoms with E-state index in [2.05, 4.69) is 13.8 Å². The molecule has 0 heterocycles. The first-order valence-electron chi connectivity index (χ1n) is 4.99. The molecule has 2 heteroatoms. The van der Waals surface area contributed by atoms with Crippen LogP contribution >= 0.6 is 0 Å². The predicted molar refractivity (Wildman–Crippen MR) is 52.4 cm³/mol. The first-order chi connectivity index (χ1) is 5.41. The summed E-state index contributed by atoms with van der Waals surface area (Å²) in [4.78, 5) is 0. The molecular weight excluding hydrogens is 155 g/mol. The Morgan fingerprint density at radius 1 is 0.750 bits per heavy atom. The molecule has 0 N–H and O–H groups in total. The van der Waals surface area contributed by atoms with Gasteiger partial charge in [-0.15, -0.1) is 0 Å². The van der Waals surface area contributed by atoms with Gasteiger partial charge in [0.15, 0.2) is 0 Å². The number of halogens is 1. The second-order valence-corrected chi connectivity index (χ2v) is 3.03. The second-order valence-electron chi connectivity index (χ2n) is 3.03. The smallest absolute Gasteiger partial charge is 0.0466 e. The van der Waals surface area contributed by atoms with Crippen molar-refractivity contribution < 1.29 is 9.44 Å². The summed E-state index contributed by atoms with van der Waals surface area (Å²) in [5, 5.41) is 0. The average molecular weight is 178 g/mol. The van der Waals surface area contributed by atoms with Crippen molar-refractivity contribution in [2.75, 3.05) is 13.2 Å². The fraction of sp³-hybridized carbons (Fsp3) is 1.00. The van der Waals surface area contributed by atoms with E-state index in [0.717, 1.165) is 13.2 Å². The number of rotatable bonds is 8. The Balaban J connectivity index is 0. The van der Waals surface area contributed by atoms with Crippen molar-refractivity contribution in [1.82, 2.24) is 0 Å². The van der Waals surface area contributed by atoms with Gasteiger partial charge in [0.05, 0.1) is 0 Å². The van der Waals surface area contributed by atoms with Gasteiger partial charge < -0.3 is 4.74 Å². The van der Waals surface area contributed by atoms with Crippen LogP contribution in [0.3, 0.4) is 0 Å². The van der Waals surface area contributed by atoms with E-state index in [4.69, 9.17) is 4.74 Å². The molecule has 0 unspecified atom stereocenters. The van der Waals surface area contributed by atoms with Gasteiger partial charge in [-0.3, -0.25) is 4.70 Å². The zero-order valence-electron chi connectivity index (χ0n) is 8.47. The fourth-order valence-corrected chi connectivity index (χ4v) is 1.01. The molecular formula is C10H23FO. The lowest BCUT2D eigenvalue weighted by molar-refractivity contribution is 0.126. The molecule has 1 nitrogen and oxygen atoms in total. The van der Waals surface area contributed by atoms with Crippen LogP contribution < -0.4 is 0 Å². The monoisotopic (exact) mass is 178 g/mol. The van der Waals surface area contributed by atoms with Gasteiger partial charge in [-0.1, -0.05) is 39.5 Å². The Kier molecular flexibility index (Phi) is 16.2. The maximum absolute atomic E-state index is 5.44. The highest BCUT2D eigenvalue weighted by Gasteiger charge is 1.88. The maximum atomic E-state index is 5.44. The van der Waals surface area contributed by atoms with Gasteiger partial charge in [0.1, 0.15) is 0 Å². The minimum Gasteiger partial charge on any atom is -0.381 e. The van der Waals surface area contributed by atoms with Crippen LogP contribution in [-0.2, 0) is 4.74 Å². The third kappa shape index (κ3) is 12.6. The molecule has 0 aromatic carbocycles. The summed E-state index contributed by atoms with van der Waals surface area (Å²) in [7, 11) is 0. The molecule has 0 aromatic heterocycles. The summed E-state index contributed by atoms with van der Waals surface area (Å²) in [5.74, 6) is 0. The zero-order valence-corrected chi connectivity index (χ0v) is 8.47. The van der Waals surface area contributed by atoms with E-state index in [9.17, 15) is 0 Å². The molecule has 0 aliphatic rings. The molecule has 0 saturated carbocycles. The van der Waals surface area contributed by atoms with Crippen LogP contribution in [0.4, 0.5) is 4.70 Å². The Bertz CT molecular complexity index is 58.9. The first-order valence-corrected chi connectivity index (χ1v) is 4.99. The second kappa shape index (κ2) is 13.5. The average Bonchev–Trinajstić information content (AvgIpc) is 2.03. The summed E-state index contributed by atoms with van der Waals surface area (Å²) in [6.07, 6.45) is 7.68. The van der Waals surface area contributed by atoms with Crippen molar-refractivity contribution in [1.29, 1.82) is 0 Å². The van der Waals surface area contributed by atoms with Crippen LogP contribution in [0.15, 0.2) is 0 Å². The molecule has 0 amide bonds. The normalized spacial score (nSPS) is 9.50. The van der Waals surface area contributed by atoms with Crippen LogP contribution in [0.1, 0.15) is 52.4 Å². The Morgan fingerprint density at radius 3 is 1.50 bits per heavy atom. The third-order valence-electron chi connectivity index (χ3n) is 1.78. The molecule has 0 saturated heterocycles. The van der Waals surface area contributed by atoms with Crippen molar-refractivity contribution >= 4 is 0 Å². The minimum atomic E-state index is 0. The Hall–Kier alpha value is -0.110. The summed E-state index contributed by atoms with van der Waals surface area (Å²) in [6, 6.07) is 0. The van der Waals surface area contributed by atoms with Crippen molar-refractivity contribution in [2.24, 2.45) is 0 Å². The lowest BCUT2D eigenvalue weighted by atomic mass is 10.2. The molecule has 0 rings (SSSR count). The standard InChI is InChI=1S/C10H22O.FH/c1-3-5-7-9-11-10-8-6-4-2;/h3-10H2,1-2H3;1H. The van der Waals surface area contributed by atoms with Gasteiger partial charge in [-0.25, -0.2) is 0 Å².